The highest BCUT2D eigenvalue weighted by molar-refractivity contribution is 6.33. The molecule has 17 heavy (non-hydrogen) atoms. The van der Waals surface area contributed by atoms with Crippen LogP contribution >= 0.6 is 11.6 Å². The third-order valence-corrected chi connectivity index (χ3v) is 2.58. The zero-order valence-electron chi connectivity index (χ0n) is 8.68. The largest absolute Gasteiger partial charge is 0.417 e. The van der Waals surface area contributed by atoms with Crippen LogP contribution in [0.5, 0.6) is 0 Å². The Morgan fingerprint density at radius 3 is 2.65 bits per heavy atom. The lowest BCUT2D eigenvalue weighted by molar-refractivity contribution is -0.137. The second-order valence-corrected chi connectivity index (χ2v) is 3.97. The lowest BCUT2D eigenvalue weighted by Gasteiger charge is -2.15. The van der Waals surface area contributed by atoms with Crippen LogP contribution < -0.4 is 5.32 Å². The number of aromatic nitrogens is 1. The molecule has 0 saturated heterocycles. The van der Waals surface area contributed by atoms with Crippen LogP contribution in [-0.2, 0) is 6.18 Å². The normalized spacial score (nSPS) is 16.4. The summed E-state index contributed by atoms with van der Waals surface area (Å²) < 4.78 is 37.2. The minimum atomic E-state index is -4.43. The Balaban J connectivity index is 2.35. The van der Waals surface area contributed by atoms with E-state index in [1.165, 1.54) is 0 Å². The summed E-state index contributed by atoms with van der Waals surface area (Å²) in [6.45, 7) is 1.35. The number of nitrogens with one attached hydrogen (secondary N) is 1. The fourth-order valence-corrected chi connectivity index (χ4v) is 1.71. The fourth-order valence-electron chi connectivity index (χ4n) is 1.46. The van der Waals surface area contributed by atoms with E-state index >= 15 is 0 Å². The second-order valence-electron chi connectivity index (χ2n) is 3.56. The molecule has 0 fully saturated rings. The highest BCUT2D eigenvalue weighted by Crippen LogP contribution is 2.31. The lowest BCUT2D eigenvalue weighted by atomic mass is 10.2. The molecule has 0 unspecified atom stereocenters. The Hall–Kier alpha value is -1.30. The van der Waals surface area contributed by atoms with Gasteiger partial charge in [-0.2, -0.15) is 13.2 Å². The van der Waals surface area contributed by atoms with Gasteiger partial charge in [0.2, 0.25) is 0 Å². The van der Waals surface area contributed by atoms with Gasteiger partial charge in [-0.3, -0.25) is 9.98 Å². The summed E-state index contributed by atoms with van der Waals surface area (Å²) in [5.74, 6) is 0.454. The summed E-state index contributed by atoms with van der Waals surface area (Å²) in [6, 6.07) is 0.864. The van der Waals surface area contributed by atoms with E-state index < -0.39 is 11.7 Å². The number of pyridine rings is 1. The Kier molecular flexibility index (Phi) is 3.24. The summed E-state index contributed by atoms with van der Waals surface area (Å²) >= 11 is 5.79. The van der Waals surface area contributed by atoms with Crippen molar-refractivity contribution in [3.8, 4) is 0 Å². The maximum Gasteiger partial charge on any atom is 0.417 e. The third-order valence-electron chi connectivity index (χ3n) is 2.29. The van der Waals surface area contributed by atoms with Gasteiger partial charge in [-0.15, -0.1) is 0 Å². The summed E-state index contributed by atoms with van der Waals surface area (Å²) in [4.78, 5) is 7.85. The quantitative estimate of drug-likeness (QED) is 0.845. The minimum absolute atomic E-state index is 0.0482. The fraction of sp³-hybridized carbons (Fsp3) is 0.400. The Bertz CT molecular complexity index is 457. The van der Waals surface area contributed by atoms with Gasteiger partial charge in [-0.05, 0) is 12.5 Å². The summed E-state index contributed by atoms with van der Waals surface area (Å²) in [6.07, 6.45) is -2.78. The highest BCUT2D eigenvalue weighted by atomic mass is 35.5. The number of hydrogen-bond acceptors (Lipinski definition) is 3. The van der Waals surface area contributed by atoms with Crippen LogP contribution in [0.25, 0.3) is 0 Å². The van der Waals surface area contributed by atoms with Crippen LogP contribution in [0.4, 0.5) is 13.2 Å². The first-order valence-electron chi connectivity index (χ1n) is 5.00. The van der Waals surface area contributed by atoms with E-state index in [0.29, 0.717) is 12.4 Å². The van der Waals surface area contributed by atoms with Gasteiger partial charge >= 0.3 is 6.18 Å². The van der Waals surface area contributed by atoms with Gasteiger partial charge < -0.3 is 5.32 Å². The smallest absolute Gasteiger partial charge is 0.368 e. The van der Waals surface area contributed by atoms with Crippen molar-refractivity contribution >= 4 is 17.4 Å². The Morgan fingerprint density at radius 2 is 2.12 bits per heavy atom. The number of alkyl halides is 3. The average Bonchev–Trinajstić information content (AvgIpc) is 2.29. The zero-order valence-corrected chi connectivity index (χ0v) is 9.44. The van der Waals surface area contributed by atoms with Gasteiger partial charge in [0.15, 0.2) is 0 Å². The van der Waals surface area contributed by atoms with Gasteiger partial charge in [-0.25, -0.2) is 0 Å². The van der Waals surface area contributed by atoms with Crippen molar-refractivity contribution in [2.75, 3.05) is 13.1 Å². The molecule has 0 aliphatic carbocycles. The molecule has 92 valence electrons. The van der Waals surface area contributed by atoms with Crippen LogP contribution in [0, 0.1) is 0 Å². The predicted octanol–water partition coefficient (Wildman–Crippen LogP) is 2.49. The summed E-state index contributed by atoms with van der Waals surface area (Å²) in [5.41, 5.74) is -0.595. The molecule has 0 spiro atoms. The van der Waals surface area contributed by atoms with Crippen molar-refractivity contribution in [2.45, 2.75) is 12.6 Å². The van der Waals surface area contributed by atoms with E-state index in [1.54, 1.807) is 0 Å². The average molecular weight is 264 g/mol. The molecule has 2 heterocycles. The first kappa shape index (κ1) is 12.2. The van der Waals surface area contributed by atoms with E-state index in [4.69, 9.17) is 11.6 Å². The molecule has 0 saturated carbocycles. The molecule has 1 aromatic heterocycles. The zero-order chi connectivity index (χ0) is 12.5. The number of amidine groups is 1. The van der Waals surface area contributed by atoms with Crippen molar-refractivity contribution in [1.82, 2.24) is 10.3 Å². The van der Waals surface area contributed by atoms with Crippen molar-refractivity contribution in [2.24, 2.45) is 4.99 Å². The number of halogens is 4. The molecule has 7 heteroatoms. The Labute approximate surface area is 101 Å². The molecule has 0 radical (unpaired) electrons. The van der Waals surface area contributed by atoms with Crippen LogP contribution in [0.3, 0.4) is 0 Å². The van der Waals surface area contributed by atoms with E-state index in [2.05, 4.69) is 15.3 Å². The van der Waals surface area contributed by atoms with Gasteiger partial charge in [0, 0.05) is 19.3 Å². The molecule has 3 nitrogen and oxygen atoms in total. The van der Waals surface area contributed by atoms with Gasteiger partial charge in [0.1, 0.15) is 11.5 Å². The monoisotopic (exact) mass is 263 g/mol. The standard InChI is InChI=1S/C10H9ClF3N3/c11-7-4-6(10(12,13)14)5-17-8(7)9-15-2-1-3-16-9/h4-5H,1-3H2,(H,15,16). The van der Waals surface area contributed by atoms with E-state index in [-0.39, 0.29) is 10.7 Å². The van der Waals surface area contributed by atoms with Crippen molar-refractivity contribution in [3.05, 3.63) is 28.5 Å². The SMILES string of the molecule is FC(F)(F)c1cnc(C2=NCCCN2)c(Cl)c1. The first-order valence-corrected chi connectivity index (χ1v) is 5.38. The highest BCUT2D eigenvalue weighted by Gasteiger charge is 2.32. The number of aliphatic imine (C=N–C) groups is 1. The molecule has 1 aromatic rings. The van der Waals surface area contributed by atoms with Crippen LogP contribution in [0.2, 0.25) is 5.02 Å². The second kappa shape index (κ2) is 4.52. The molecule has 0 atom stereocenters. The third kappa shape index (κ3) is 2.69. The molecule has 1 aliphatic rings. The van der Waals surface area contributed by atoms with Gasteiger partial charge in [0.05, 0.1) is 10.6 Å². The van der Waals surface area contributed by atoms with E-state index in [9.17, 15) is 13.2 Å². The van der Waals surface area contributed by atoms with Crippen molar-refractivity contribution < 1.29 is 13.2 Å². The summed E-state index contributed by atoms with van der Waals surface area (Å²) in [5, 5.41) is 2.91. The van der Waals surface area contributed by atoms with Gasteiger partial charge in [0.25, 0.3) is 0 Å². The molecule has 1 N–H and O–H groups in total. The maximum absolute atomic E-state index is 12.4. The molecular formula is C10H9ClF3N3. The molecule has 0 aromatic carbocycles. The minimum Gasteiger partial charge on any atom is -0.368 e. The first-order chi connectivity index (χ1) is 7.98. The van der Waals surface area contributed by atoms with E-state index in [1.807, 2.05) is 0 Å². The maximum atomic E-state index is 12.4. The number of nitrogens with zero attached hydrogens (tertiary/aromatic N) is 2. The topological polar surface area (TPSA) is 37.3 Å². The molecule has 1 aliphatic heterocycles. The van der Waals surface area contributed by atoms with E-state index in [0.717, 1.165) is 25.2 Å². The molecule has 2 rings (SSSR count). The molecular weight excluding hydrogens is 255 g/mol. The number of hydrogen-bond donors (Lipinski definition) is 1. The number of rotatable bonds is 1. The van der Waals surface area contributed by atoms with Crippen LogP contribution in [0.1, 0.15) is 17.7 Å². The lowest BCUT2D eigenvalue weighted by Crippen LogP contribution is -2.31. The summed E-state index contributed by atoms with van der Waals surface area (Å²) in [7, 11) is 0. The molecule has 0 amide bonds. The van der Waals surface area contributed by atoms with Crippen molar-refractivity contribution in [3.63, 3.8) is 0 Å². The predicted molar refractivity (Wildman–Crippen MR) is 58.3 cm³/mol. The van der Waals surface area contributed by atoms with Crippen molar-refractivity contribution in [1.29, 1.82) is 0 Å². The van der Waals surface area contributed by atoms with Gasteiger partial charge in [-0.1, -0.05) is 11.6 Å². The van der Waals surface area contributed by atoms with Crippen LogP contribution in [0.15, 0.2) is 17.3 Å². The Morgan fingerprint density at radius 1 is 1.35 bits per heavy atom. The molecule has 0 bridgehead atoms. The van der Waals surface area contributed by atoms with Crippen LogP contribution in [-0.4, -0.2) is 23.9 Å².